The van der Waals surface area contributed by atoms with E-state index >= 15 is 0 Å². The van der Waals surface area contributed by atoms with Crippen molar-refractivity contribution < 1.29 is 9.47 Å². The summed E-state index contributed by atoms with van der Waals surface area (Å²) < 4.78 is 10.9. The summed E-state index contributed by atoms with van der Waals surface area (Å²) in [5.41, 5.74) is 0. The number of guanidine groups is 1. The van der Waals surface area contributed by atoms with Crippen LogP contribution >= 0.6 is 24.0 Å². The summed E-state index contributed by atoms with van der Waals surface area (Å²) in [5.74, 6) is 1.67. The second-order valence-corrected chi connectivity index (χ2v) is 5.45. The van der Waals surface area contributed by atoms with Gasteiger partial charge in [-0.25, -0.2) is 0 Å². The van der Waals surface area contributed by atoms with Gasteiger partial charge in [0.1, 0.15) is 0 Å². The average Bonchev–Trinajstić information content (AvgIpc) is 3.06. The summed E-state index contributed by atoms with van der Waals surface area (Å²) in [5, 5.41) is 3.46. The lowest BCUT2D eigenvalue weighted by molar-refractivity contribution is 0.105. The zero-order valence-electron chi connectivity index (χ0n) is 12.6. The van der Waals surface area contributed by atoms with E-state index in [9.17, 15) is 0 Å². The van der Waals surface area contributed by atoms with Gasteiger partial charge in [0.2, 0.25) is 0 Å². The van der Waals surface area contributed by atoms with Crippen LogP contribution in [0, 0.1) is 5.92 Å². The van der Waals surface area contributed by atoms with E-state index < -0.39 is 0 Å². The number of nitrogens with one attached hydrogen (secondary N) is 1. The lowest BCUT2D eigenvalue weighted by Gasteiger charge is -2.22. The van der Waals surface area contributed by atoms with E-state index in [1.165, 1.54) is 19.3 Å². The molecular weight excluding hydrogens is 369 g/mol. The lowest BCUT2D eigenvalue weighted by atomic mass is 10.1. The predicted molar refractivity (Wildman–Crippen MR) is 91.9 cm³/mol. The van der Waals surface area contributed by atoms with Crippen molar-refractivity contribution in [2.24, 2.45) is 10.9 Å². The Morgan fingerprint density at radius 2 is 2.30 bits per heavy atom. The van der Waals surface area contributed by atoms with Gasteiger partial charge in [-0.3, -0.25) is 4.99 Å². The molecule has 5 nitrogen and oxygen atoms in total. The first kappa shape index (κ1) is 18.0. The fraction of sp³-hybridized carbons (Fsp3) is 0.929. The molecule has 2 heterocycles. The van der Waals surface area contributed by atoms with E-state index in [1.807, 2.05) is 7.05 Å². The van der Waals surface area contributed by atoms with Gasteiger partial charge in [-0.05, 0) is 25.7 Å². The number of nitrogens with zero attached hydrogens (tertiary/aromatic N) is 2. The maximum Gasteiger partial charge on any atom is 0.193 e. The fourth-order valence-corrected chi connectivity index (χ4v) is 2.95. The Kier molecular flexibility index (Phi) is 8.79. The molecular formula is C14H28IN3O2. The summed E-state index contributed by atoms with van der Waals surface area (Å²) in [6.45, 7) is 4.86. The Morgan fingerprint density at radius 1 is 1.45 bits per heavy atom. The maximum absolute atomic E-state index is 5.63. The smallest absolute Gasteiger partial charge is 0.193 e. The van der Waals surface area contributed by atoms with E-state index in [2.05, 4.69) is 15.2 Å². The third kappa shape index (κ3) is 5.37. The molecule has 20 heavy (non-hydrogen) atoms. The fourth-order valence-electron chi connectivity index (χ4n) is 2.95. The standard InChI is InChI=1S/C14H27N3O2.HI/c1-15-14(16-7-5-13-4-3-9-19-13)17-8-6-12(10-17)11-18-2;/h12-13H,3-11H2,1-2H3,(H,15,16);1H. The van der Waals surface area contributed by atoms with Gasteiger partial charge in [-0.15, -0.1) is 24.0 Å². The number of likely N-dealkylation sites (tertiary alicyclic amines) is 1. The molecule has 0 saturated carbocycles. The van der Waals surface area contributed by atoms with E-state index in [0.29, 0.717) is 12.0 Å². The third-order valence-electron chi connectivity index (χ3n) is 3.97. The lowest BCUT2D eigenvalue weighted by Crippen LogP contribution is -2.41. The molecule has 2 atom stereocenters. The Balaban J connectivity index is 0.00000200. The molecule has 118 valence electrons. The van der Waals surface area contributed by atoms with E-state index in [0.717, 1.165) is 45.2 Å². The van der Waals surface area contributed by atoms with Gasteiger partial charge in [0, 0.05) is 46.3 Å². The molecule has 2 aliphatic rings. The number of halogens is 1. The topological polar surface area (TPSA) is 46.1 Å². The summed E-state index contributed by atoms with van der Waals surface area (Å²) >= 11 is 0. The summed E-state index contributed by atoms with van der Waals surface area (Å²) in [6.07, 6.45) is 5.14. The maximum atomic E-state index is 5.63. The van der Waals surface area contributed by atoms with Crippen molar-refractivity contribution in [1.82, 2.24) is 10.2 Å². The summed E-state index contributed by atoms with van der Waals surface area (Å²) in [4.78, 5) is 6.71. The molecule has 2 rings (SSSR count). The first-order chi connectivity index (χ1) is 9.33. The Morgan fingerprint density at radius 3 is 2.95 bits per heavy atom. The highest BCUT2D eigenvalue weighted by molar-refractivity contribution is 14.0. The highest BCUT2D eigenvalue weighted by Gasteiger charge is 2.24. The number of methoxy groups -OCH3 is 1. The van der Waals surface area contributed by atoms with E-state index in [-0.39, 0.29) is 24.0 Å². The zero-order valence-corrected chi connectivity index (χ0v) is 15.0. The molecule has 0 aromatic heterocycles. The van der Waals surface area contributed by atoms with Crippen molar-refractivity contribution in [3.05, 3.63) is 0 Å². The molecule has 2 fully saturated rings. The predicted octanol–water partition coefficient (Wildman–Crippen LogP) is 1.72. The van der Waals surface area contributed by atoms with Crippen molar-refractivity contribution in [3.8, 4) is 0 Å². The van der Waals surface area contributed by atoms with Crippen LogP contribution in [-0.2, 0) is 9.47 Å². The third-order valence-corrected chi connectivity index (χ3v) is 3.97. The number of ether oxygens (including phenoxy) is 2. The van der Waals surface area contributed by atoms with Crippen molar-refractivity contribution in [2.45, 2.75) is 31.8 Å². The molecule has 0 aromatic rings. The minimum absolute atomic E-state index is 0. The van der Waals surface area contributed by atoms with Gasteiger partial charge in [0.05, 0.1) is 12.7 Å². The molecule has 2 saturated heterocycles. The molecule has 0 bridgehead atoms. The zero-order chi connectivity index (χ0) is 13.5. The molecule has 6 heteroatoms. The Hall–Kier alpha value is -0.0800. The first-order valence-electron chi connectivity index (χ1n) is 7.39. The molecule has 0 radical (unpaired) electrons. The van der Waals surface area contributed by atoms with Gasteiger partial charge >= 0.3 is 0 Å². The van der Waals surface area contributed by atoms with Gasteiger partial charge < -0.3 is 19.7 Å². The molecule has 0 aliphatic carbocycles. The Bertz CT molecular complexity index is 296. The Labute approximate surface area is 139 Å². The van der Waals surface area contributed by atoms with Crippen LogP contribution in [0.5, 0.6) is 0 Å². The minimum Gasteiger partial charge on any atom is -0.384 e. The van der Waals surface area contributed by atoms with Crippen LogP contribution in [0.3, 0.4) is 0 Å². The molecule has 2 aliphatic heterocycles. The van der Waals surface area contributed by atoms with Crippen LogP contribution < -0.4 is 5.32 Å². The second-order valence-electron chi connectivity index (χ2n) is 5.45. The average molecular weight is 397 g/mol. The summed E-state index contributed by atoms with van der Waals surface area (Å²) in [7, 11) is 3.63. The van der Waals surface area contributed by atoms with Crippen LogP contribution in [0.2, 0.25) is 0 Å². The van der Waals surface area contributed by atoms with Gasteiger partial charge in [0.25, 0.3) is 0 Å². The van der Waals surface area contributed by atoms with Gasteiger partial charge in [-0.1, -0.05) is 0 Å². The minimum atomic E-state index is 0. The highest BCUT2D eigenvalue weighted by atomic mass is 127. The van der Waals surface area contributed by atoms with Gasteiger partial charge in [0.15, 0.2) is 5.96 Å². The van der Waals surface area contributed by atoms with Crippen LogP contribution in [0.25, 0.3) is 0 Å². The van der Waals surface area contributed by atoms with Crippen molar-refractivity contribution in [1.29, 1.82) is 0 Å². The highest BCUT2D eigenvalue weighted by Crippen LogP contribution is 2.17. The van der Waals surface area contributed by atoms with Crippen LogP contribution in [0.1, 0.15) is 25.7 Å². The van der Waals surface area contributed by atoms with Crippen molar-refractivity contribution >= 4 is 29.9 Å². The largest absolute Gasteiger partial charge is 0.384 e. The second kappa shape index (κ2) is 9.78. The molecule has 0 spiro atoms. The molecule has 2 unspecified atom stereocenters. The van der Waals surface area contributed by atoms with E-state index in [1.54, 1.807) is 7.11 Å². The van der Waals surface area contributed by atoms with Gasteiger partial charge in [-0.2, -0.15) is 0 Å². The molecule has 1 N–H and O–H groups in total. The van der Waals surface area contributed by atoms with Crippen LogP contribution in [0.4, 0.5) is 0 Å². The molecule has 0 aromatic carbocycles. The molecule has 0 amide bonds. The quantitative estimate of drug-likeness (QED) is 0.436. The SMILES string of the molecule is CN=C(NCCC1CCCO1)N1CCC(COC)C1.I. The van der Waals surface area contributed by atoms with E-state index in [4.69, 9.17) is 9.47 Å². The number of hydrogen-bond acceptors (Lipinski definition) is 3. The number of aliphatic imine (C=N–C) groups is 1. The number of hydrogen-bond donors (Lipinski definition) is 1. The van der Waals surface area contributed by atoms with Crippen LogP contribution in [-0.4, -0.2) is 64.0 Å². The monoisotopic (exact) mass is 397 g/mol. The first-order valence-corrected chi connectivity index (χ1v) is 7.39. The van der Waals surface area contributed by atoms with Crippen LogP contribution in [0.15, 0.2) is 4.99 Å². The van der Waals surface area contributed by atoms with Crippen molar-refractivity contribution in [2.75, 3.05) is 47.0 Å². The number of rotatable bonds is 5. The van der Waals surface area contributed by atoms with Crippen molar-refractivity contribution in [3.63, 3.8) is 0 Å². The summed E-state index contributed by atoms with van der Waals surface area (Å²) in [6, 6.07) is 0. The normalized spacial score (nSPS) is 26.7.